The zero-order valence-corrected chi connectivity index (χ0v) is 17.2. The Kier molecular flexibility index (Phi) is 6.65. The highest BCUT2D eigenvalue weighted by Crippen LogP contribution is 2.24. The fraction of sp³-hybridized carbons (Fsp3) is 0.444. The predicted molar refractivity (Wildman–Crippen MR) is 106 cm³/mol. The summed E-state index contributed by atoms with van der Waals surface area (Å²) in [4.78, 5) is 14.6. The third kappa shape index (κ3) is 4.07. The average Bonchev–Trinajstić information content (AvgIpc) is 3.15. The van der Waals surface area contributed by atoms with Gasteiger partial charge in [-0.3, -0.25) is 4.79 Å². The number of nitrogens with one attached hydrogen (secondary N) is 1. The van der Waals surface area contributed by atoms with Crippen molar-refractivity contribution in [3.05, 3.63) is 45.7 Å². The van der Waals surface area contributed by atoms with Crippen molar-refractivity contribution in [2.75, 3.05) is 26.7 Å². The normalized spacial score (nSPS) is 16.8. The van der Waals surface area contributed by atoms with Crippen LogP contribution in [0, 0.1) is 19.8 Å². The lowest BCUT2D eigenvalue weighted by Crippen LogP contribution is -2.30. The van der Waals surface area contributed by atoms with E-state index < -0.39 is 0 Å². The molecule has 1 aliphatic rings. The number of carbonyl (C=O) groups is 1. The van der Waals surface area contributed by atoms with Crippen LogP contribution in [0.5, 0.6) is 0 Å². The number of hydrogen-bond donors (Lipinski definition) is 1. The molecule has 0 spiro atoms. The lowest BCUT2D eigenvalue weighted by molar-refractivity contribution is 0.0787. The van der Waals surface area contributed by atoms with Gasteiger partial charge in [0.05, 0.1) is 21.5 Å². The van der Waals surface area contributed by atoms with Gasteiger partial charge in [0.1, 0.15) is 0 Å². The Labute approximate surface area is 163 Å². The Morgan fingerprint density at radius 1 is 1.32 bits per heavy atom. The second-order valence-corrected chi connectivity index (χ2v) is 7.20. The summed E-state index contributed by atoms with van der Waals surface area (Å²) >= 11 is 3.55. The summed E-state index contributed by atoms with van der Waals surface area (Å²) < 4.78 is 2.92. The molecule has 1 saturated heterocycles. The van der Waals surface area contributed by atoms with Gasteiger partial charge < -0.3 is 10.2 Å². The molecule has 1 N–H and O–H groups in total. The highest BCUT2D eigenvalue weighted by Gasteiger charge is 2.26. The SMILES string of the molecule is CNCC1CCN(C(=O)c2ccc(-n3nc(C)c(Br)c3C)cc2)C1.Cl. The van der Waals surface area contributed by atoms with E-state index in [1.807, 2.05) is 54.7 Å². The van der Waals surface area contributed by atoms with E-state index in [-0.39, 0.29) is 18.3 Å². The molecule has 0 aliphatic carbocycles. The minimum Gasteiger partial charge on any atom is -0.338 e. The number of aryl methyl sites for hydroxylation is 1. The van der Waals surface area contributed by atoms with E-state index in [9.17, 15) is 4.79 Å². The van der Waals surface area contributed by atoms with Crippen molar-refractivity contribution in [2.45, 2.75) is 20.3 Å². The largest absolute Gasteiger partial charge is 0.338 e. The van der Waals surface area contributed by atoms with Crippen LogP contribution in [-0.4, -0.2) is 47.3 Å². The summed E-state index contributed by atoms with van der Waals surface area (Å²) in [5.41, 5.74) is 3.72. The summed E-state index contributed by atoms with van der Waals surface area (Å²) in [7, 11) is 1.96. The van der Waals surface area contributed by atoms with Gasteiger partial charge in [0.2, 0.25) is 0 Å². The lowest BCUT2D eigenvalue weighted by atomic mass is 10.1. The monoisotopic (exact) mass is 426 g/mol. The topological polar surface area (TPSA) is 50.2 Å². The lowest BCUT2D eigenvalue weighted by Gasteiger charge is -2.17. The Hall–Kier alpha value is -1.37. The fourth-order valence-corrected chi connectivity index (χ4v) is 3.52. The van der Waals surface area contributed by atoms with Crippen molar-refractivity contribution in [1.29, 1.82) is 0 Å². The first kappa shape index (κ1) is 19.9. The van der Waals surface area contributed by atoms with Gasteiger partial charge in [0.15, 0.2) is 0 Å². The van der Waals surface area contributed by atoms with Crippen LogP contribution in [0.4, 0.5) is 0 Å². The van der Waals surface area contributed by atoms with Crippen LogP contribution in [0.3, 0.4) is 0 Å². The molecule has 7 heteroatoms. The number of amides is 1. The third-order valence-electron chi connectivity index (χ3n) is 4.63. The smallest absolute Gasteiger partial charge is 0.253 e. The van der Waals surface area contributed by atoms with Gasteiger partial charge in [0, 0.05) is 18.7 Å². The first-order chi connectivity index (χ1) is 11.5. The molecule has 1 fully saturated rings. The molecule has 25 heavy (non-hydrogen) atoms. The van der Waals surface area contributed by atoms with E-state index in [0.717, 1.165) is 53.2 Å². The highest BCUT2D eigenvalue weighted by atomic mass is 79.9. The number of rotatable bonds is 4. The molecule has 3 rings (SSSR count). The molecule has 1 atom stereocenters. The number of carbonyl (C=O) groups excluding carboxylic acids is 1. The Morgan fingerprint density at radius 2 is 2.00 bits per heavy atom. The van der Waals surface area contributed by atoms with Crippen LogP contribution in [0.2, 0.25) is 0 Å². The zero-order chi connectivity index (χ0) is 17.3. The summed E-state index contributed by atoms with van der Waals surface area (Å²) in [5.74, 6) is 0.681. The van der Waals surface area contributed by atoms with Crippen LogP contribution in [0.25, 0.3) is 5.69 Å². The first-order valence-electron chi connectivity index (χ1n) is 8.27. The molecule has 1 aliphatic heterocycles. The van der Waals surface area contributed by atoms with Gasteiger partial charge in [-0.05, 0) is 80.0 Å². The summed E-state index contributed by atoms with van der Waals surface area (Å²) in [5, 5.41) is 7.72. The second-order valence-electron chi connectivity index (χ2n) is 6.41. The first-order valence-corrected chi connectivity index (χ1v) is 9.06. The molecule has 136 valence electrons. The Morgan fingerprint density at radius 3 is 2.56 bits per heavy atom. The average molecular weight is 428 g/mol. The van der Waals surface area contributed by atoms with Crippen molar-refractivity contribution in [2.24, 2.45) is 5.92 Å². The molecule has 2 aromatic rings. The van der Waals surface area contributed by atoms with E-state index in [1.165, 1.54) is 0 Å². The molecule has 1 amide bonds. The van der Waals surface area contributed by atoms with Crippen molar-refractivity contribution >= 4 is 34.2 Å². The number of likely N-dealkylation sites (tertiary alicyclic amines) is 1. The number of nitrogens with zero attached hydrogens (tertiary/aromatic N) is 3. The fourth-order valence-electron chi connectivity index (χ4n) is 3.28. The minimum absolute atomic E-state index is 0. The zero-order valence-electron chi connectivity index (χ0n) is 14.8. The van der Waals surface area contributed by atoms with Crippen LogP contribution >= 0.6 is 28.3 Å². The van der Waals surface area contributed by atoms with E-state index in [2.05, 4.69) is 26.3 Å². The molecule has 1 aromatic carbocycles. The van der Waals surface area contributed by atoms with Crippen LogP contribution < -0.4 is 5.32 Å². The molecule has 0 radical (unpaired) electrons. The van der Waals surface area contributed by atoms with Crippen LogP contribution in [-0.2, 0) is 0 Å². The minimum atomic E-state index is 0. The molecule has 1 aromatic heterocycles. The molecular weight excluding hydrogens is 404 g/mol. The number of aromatic nitrogens is 2. The van der Waals surface area contributed by atoms with Crippen LogP contribution in [0.15, 0.2) is 28.7 Å². The molecule has 0 bridgehead atoms. The van der Waals surface area contributed by atoms with Crippen molar-refractivity contribution in [3.63, 3.8) is 0 Å². The molecule has 1 unspecified atom stereocenters. The van der Waals surface area contributed by atoms with E-state index in [4.69, 9.17) is 0 Å². The van der Waals surface area contributed by atoms with Gasteiger partial charge >= 0.3 is 0 Å². The summed E-state index contributed by atoms with van der Waals surface area (Å²) in [6, 6.07) is 7.71. The van der Waals surface area contributed by atoms with E-state index in [1.54, 1.807) is 0 Å². The predicted octanol–water partition coefficient (Wildman–Crippen LogP) is 3.35. The van der Waals surface area contributed by atoms with Gasteiger partial charge in [-0.25, -0.2) is 4.68 Å². The van der Waals surface area contributed by atoms with E-state index >= 15 is 0 Å². The summed E-state index contributed by atoms with van der Waals surface area (Å²) in [6.07, 6.45) is 1.07. The molecular formula is C18H24BrClN4O. The van der Waals surface area contributed by atoms with Gasteiger partial charge in [-0.2, -0.15) is 5.10 Å². The number of hydrogen-bond acceptors (Lipinski definition) is 3. The number of benzene rings is 1. The molecule has 2 heterocycles. The third-order valence-corrected chi connectivity index (χ3v) is 5.78. The second kappa shape index (κ2) is 8.34. The van der Waals surface area contributed by atoms with Gasteiger partial charge in [0.25, 0.3) is 5.91 Å². The summed E-state index contributed by atoms with van der Waals surface area (Å²) in [6.45, 7) is 6.65. The standard InChI is InChI=1S/C18H23BrN4O.ClH/c1-12-17(19)13(2)23(21-12)16-6-4-15(5-7-16)18(24)22-9-8-14(11-22)10-20-3;/h4-7,14,20H,8-11H2,1-3H3;1H. The van der Waals surface area contributed by atoms with Crippen molar-refractivity contribution in [3.8, 4) is 5.69 Å². The maximum absolute atomic E-state index is 12.6. The van der Waals surface area contributed by atoms with E-state index in [0.29, 0.717) is 5.92 Å². The maximum Gasteiger partial charge on any atom is 0.253 e. The Bertz CT molecular complexity index is 744. The van der Waals surface area contributed by atoms with Crippen molar-refractivity contribution < 1.29 is 4.79 Å². The number of halogens is 2. The quantitative estimate of drug-likeness (QED) is 0.814. The molecule has 0 saturated carbocycles. The van der Waals surface area contributed by atoms with Crippen molar-refractivity contribution in [1.82, 2.24) is 20.0 Å². The van der Waals surface area contributed by atoms with Gasteiger partial charge in [-0.1, -0.05) is 0 Å². The highest BCUT2D eigenvalue weighted by molar-refractivity contribution is 9.10. The Balaban J connectivity index is 0.00000225. The maximum atomic E-state index is 12.6. The van der Waals surface area contributed by atoms with Gasteiger partial charge in [-0.15, -0.1) is 12.4 Å². The van der Waals surface area contributed by atoms with Crippen LogP contribution in [0.1, 0.15) is 28.2 Å². The molecule has 5 nitrogen and oxygen atoms in total.